The minimum atomic E-state index is 0.206. The number of hydrogen-bond donors (Lipinski definition) is 4. The van der Waals surface area contributed by atoms with Gasteiger partial charge < -0.3 is 20.2 Å². The van der Waals surface area contributed by atoms with Gasteiger partial charge in [-0.1, -0.05) is 36.4 Å². The van der Waals surface area contributed by atoms with E-state index in [1.807, 2.05) is 62.4 Å². The number of phenols is 2. The van der Waals surface area contributed by atoms with Crippen molar-refractivity contribution in [3.05, 3.63) is 70.8 Å². The van der Waals surface area contributed by atoms with Gasteiger partial charge in [0.25, 0.3) is 0 Å². The van der Waals surface area contributed by atoms with Gasteiger partial charge in [-0.3, -0.25) is 0 Å². The second-order valence-corrected chi connectivity index (χ2v) is 8.79. The number of aryl methyl sites for hydroxylation is 2. The summed E-state index contributed by atoms with van der Waals surface area (Å²) in [5.41, 5.74) is 9.30. The molecule has 0 aliphatic carbocycles. The second-order valence-electron chi connectivity index (χ2n) is 8.79. The molecular weight excluding hydrogens is 396 g/mol. The summed E-state index contributed by atoms with van der Waals surface area (Å²) in [5, 5.41) is 26.8. The number of aromatic hydroxyl groups is 2. The van der Waals surface area contributed by atoms with Crippen LogP contribution in [0.1, 0.15) is 22.3 Å². The average Bonchev–Trinajstić information content (AvgIpc) is 3.38. The fourth-order valence-electron chi connectivity index (χ4n) is 5.31. The standard InChI is InChI=1S/C28H24N2O2/c1-13-15(3)25-23(17-9-5-7-11-19(17)29-25)27(31)21(13)22-14(2)16(4)26-24(28(22)32)18-10-6-8-12-20(18)30-26/h5-12,29-32H,1-4H3. The van der Waals surface area contributed by atoms with Crippen molar-refractivity contribution in [1.82, 2.24) is 9.97 Å². The van der Waals surface area contributed by atoms with Gasteiger partial charge in [-0.25, -0.2) is 0 Å². The summed E-state index contributed by atoms with van der Waals surface area (Å²) in [6.45, 7) is 8.17. The van der Waals surface area contributed by atoms with Gasteiger partial charge in [0.2, 0.25) is 0 Å². The molecule has 6 aromatic rings. The van der Waals surface area contributed by atoms with Crippen LogP contribution in [-0.4, -0.2) is 20.2 Å². The van der Waals surface area contributed by atoms with Gasteiger partial charge in [0, 0.05) is 32.9 Å². The Morgan fingerprint density at radius 3 is 1.31 bits per heavy atom. The summed E-state index contributed by atoms with van der Waals surface area (Å²) in [4.78, 5) is 6.94. The van der Waals surface area contributed by atoms with Gasteiger partial charge in [0.05, 0.1) is 21.8 Å². The smallest absolute Gasteiger partial charge is 0.133 e. The van der Waals surface area contributed by atoms with Crippen molar-refractivity contribution in [3.63, 3.8) is 0 Å². The molecule has 0 atom stereocenters. The number of rotatable bonds is 1. The van der Waals surface area contributed by atoms with Crippen molar-refractivity contribution in [1.29, 1.82) is 0 Å². The van der Waals surface area contributed by atoms with E-state index in [1.54, 1.807) is 0 Å². The van der Waals surface area contributed by atoms with Crippen molar-refractivity contribution in [2.45, 2.75) is 27.7 Å². The van der Waals surface area contributed by atoms with Crippen LogP contribution >= 0.6 is 0 Å². The molecule has 4 N–H and O–H groups in total. The lowest BCUT2D eigenvalue weighted by molar-refractivity contribution is 0.475. The molecule has 0 saturated carbocycles. The van der Waals surface area contributed by atoms with Crippen LogP contribution in [0.15, 0.2) is 48.5 Å². The van der Waals surface area contributed by atoms with Crippen molar-refractivity contribution in [2.75, 3.05) is 0 Å². The molecule has 158 valence electrons. The van der Waals surface area contributed by atoms with Crippen LogP contribution in [0.4, 0.5) is 0 Å². The van der Waals surface area contributed by atoms with Crippen LogP contribution in [0, 0.1) is 27.7 Å². The van der Waals surface area contributed by atoms with Crippen LogP contribution in [0.3, 0.4) is 0 Å². The monoisotopic (exact) mass is 420 g/mol. The molecule has 0 aliphatic heterocycles. The van der Waals surface area contributed by atoms with Crippen molar-refractivity contribution >= 4 is 43.6 Å². The zero-order valence-corrected chi connectivity index (χ0v) is 18.5. The Morgan fingerprint density at radius 2 is 0.906 bits per heavy atom. The van der Waals surface area contributed by atoms with Crippen molar-refractivity contribution < 1.29 is 10.2 Å². The summed E-state index contributed by atoms with van der Waals surface area (Å²) in [7, 11) is 0. The highest BCUT2D eigenvalue weighted by atomic mass is 16.3. The molecule has 0 saturated heterocycles. The number of nitrogens with one attached hydrogen (secondary N) is 2. The van der Waals surface area contributed by atoms with E-state index in [0.717, 1.165) is 65.9 Å². The van der Waals surface area contributed by atoms with Crippen LogP contribution in [0.25, 0.3) is 54.7 Å². The molecule has 0 bridgehead atoms. The van der Waals surface area contributed by atoms with E-state index >= 15 is 0 Å². The van der Waals surface area contributed by atoms with Crippen molar-refractivity contribution in [2.24, 2.45) is 0 Å². The number of hydrogen-bond acceptors (Lipinski definition) is 2. The van der Waals surface area contributed by atoms with Crippen molar-refractivity contribution in [3.8, 4) is 22.6 Å². The van der Waals surface area contributed by atoms with Gasteiger partial charge in [0.1, 0.15) is 11.5 Å². The Kier molecular flexibility index (Phi) is 3.70. The molecule has 6 rings (SSSR count). The average molecular weight is 421 g/mol. The normalized spacial score (nSPS) is 12.0. The third-order valence-electron chi connectivity index (χ3n) is 7.23. The first-order chi connectivity index (χ1) is 15.4. The predicted molar refractivity (Wildman–Crippen MR) is 133 cm³/mol. The molecule has 0 unspecified atom stereocenters. The van der Waals surface area contributed by atoms with E-state index in [2.05, 4.69) is 23.8 Å². The summed E-state index contributed by atoms with van der Waals surface area (Å²) in [5.74, 6) is 0.412. The Morgan fingerprint density at radius 1 is 0.531 bits per heavy atom. The summed E-state index contributed by atoms with van der Waals surface area (Å²) < 4.78 is 0. The molecule has 0 aliphatic rings. The van der Waals surface area contributed by atoms with Crippen LogP contribution in [0.5, 0.6) is 11.5 Å². The van der Waals surface area contributed by atoms with E-state index in [1.165, 1.54) is 0 Å². The Balaban J connectivity index is 1.83. The lowest BCUT2D eigenvalue weighted by Crippen LogP contribution is -1.96. The highest BCUT2D eigenvalue weighted by Crippen LogP contribution is 2.51. The third kappa shape index (κ3) is 2.21. The maximum Gasteiger partial charge on any atom is 0.133 e. The van der Waals surface area contributed by atoms with Gasteiger partial charge in [0.15, 0.2) is 0 Å². The number of benzene rings is 4. The topological polar surface area (TPSA) is 72.0 Å². The summed E-state index contributed by atoms with van der Waals surface area (Å²) in [6.07, 6.45) is 0. The Bertz CT molecular complexity index is 1600. The van der Waals surface area contributed by atoms with Gasteiger partial charge in [-0.05, 0) is 62.1 Å². The highest BCUT2D eigenvalue weighted by molar-refractivity contribution is 6.18. The maximum absolute atomic E-state index is 11.6. The molecule has 0 fully saturated rings. The number of aromatic nitrogens is 2. The summed E-state index contributed by atoms with van der Waals surface area (Å²) in [6, 6.07) is 16.0. The molecule has 4 heteroatoms. The molecule has 32 heavy (non-hydrogen) atoms. The Labute approximate surface area is 185 Å². The van der Waals surface area contributed by atoms with Crippen LogP contribution in [0.2, 0.25) is 0 Å². The van der Waals surface area contributed by atoms with E-state index < -0.39 is 0 Å². The van der Waals surface area contributed by atoms with E-state index in [-0.39, 0.29) is 11.5 Å². The lowest BCUT2D eigenvalue weighted by Gasteiger charge is -2.19. The molecule has 0 amide bonds. The fraction of sp³-hybridized carbons (Fsp3) is 0.143. The number of para-hydroxylation sites is 2. The van der Waals surface area contributed by atoms with E-state index in [4.69, 9.17) is 0 Å². The SMILES string of the molecule is Cc1c(-c2c(C)c(C)c3[nH]c4ccccc4c3c2O)c(O)c2c([nH]c3ccccc32)c1C. The van der Waals surface area contributed by atoms with Gasteiger partial charge in [-0.2, -0.15) is 0 Å². The Hall–Kier alpha value is -3.92. The van der Waals surface area contributed by atoms with Gasteiger partial charge in [-0.15, -0.1) is 0 Å². The molecule has 4 nitrogen and oxygen atoms in total. The quantitative estimate of drug-likeness (QED) is 0.226. The zero-order valence-electron chi connectivity index (χ0n) is 18.5. The predicted octanol–water partition coefficient (Wildman–Crippen LogP) is 7.27. The first kappa shape index (κ1) is 18.8. The number of phenolic OH excluding ortho intramolecular Hbond substituents is 2. The minimum Gasteiger partial charge on any atom is -0.507 e. The minimum absolute atomic E-state index is 0.206. The number of H-pyrrole nitrogens is 2. The first-order valence-corrected chi connectivity index (χ1v) is 10.9. The molecular formula is C28H24N2O2. The number of aromatic amines is 2. The highest BCUT2D eigenvalue weighted by Gasteiger charge is 2.26. The zero-order chi connectivity index (χ0) is 22.3. The van der Waals surface area contributed by atoms with E-state index in [0.29, 0.717) is 11.1 Å². The third-order valence-corrected chi connectivity index (χ3v) is 7.23. The maximum atomic E-state index is 11.6. The van der Waals surface area contributed by atoms with E-state index in [9.17, 15) is 10.2 Å². The number of fused-ring (bicyclic) bond motifs is 6. The molecule has 0 radical (unpaired) electrons. The molecule has 4 aromatic carbocycles. The van der Waals surface area contributed by atoms with Crippen LogP contribution < -0.4 is 0 Å². The van der Waals surface area contributed by atoms with Crippen LogP contribution in [-0.2, 0) is 0 Å². The molecule has 2 aromatic heterocycles. The summed E-state index contributed by atoms with van der Waals surface area (Å²) >= 11 is 0. The first-order valence-electron chi connectivity index (χ1n) is 10.9. The second kappa shape index (κ2) is 6.30. The van der Waals surface area contributed by atoms with Gasteiger partial charge >= 0.3 is 0 Å². The fourth-order valence-corrected chi connectivity index (χ4v) is 5.31. The molecule has 0 spiro atoms. The lowest BCUT2D eigenvalue weighted by atomic mass is 9.87. The molecule has 2 heterocycles. The largest absolute Gasteiger partial charge is 0.507 e.